The van der Waals surface area contributed by atoms with Crippen LogP contribution in [-0.2, 0) is 9.53 Å². The van der Waals surface area contributed by atoms with Crippen molar-refractivity contribution in [2.75, 3.05) is 19.7 Å². The summed E-state index contributed by atoms with van der Waals surface area (Å²) in [7, 11) is 0. The van der Waals surface area contributed by atoms with E-state index in [2.05, 4.69) is 5.10 Å². The fraction of sp³-hybridized carbons (Fsp3) is 0.318. The zero-order valence-corrected chi connectivity index (χ0v) is 17.4. The third-order valence-electron chi connectivity index (χ3n) is 5.10. The number of hydrogen-bond acceptors (Lipinski definition) is 5. The van der Waals surface area contributed by atoms with Crippen molar-refractivity contribution >= 4 is 23.2 Å². The average Bonchev–Trinajstić information content (AvgIpc) is 3.44. The van der Waals surface area contributed by atoms with E-state index in [0.29, 0.717) is 43.2 Å². The molecule has 6 nitrogen and oxygen atoms in total. The maximum atomic E-state index is 13.4. The molecule has 1 aromatic carbocycles. The van der Waals surface area contributed by atoms with Crippen LogP contribution in [0.4, 0.5) is 4.39 Å². The summed E-state index contributed by atoms with van der Waals surface area (Å²) in [6.07, 6.45) is 1.44. The minimum absolute atomic E-state index is 0.205. The highest BCUT2D eigenvalue weighted by atomic mass is 32.1. The normalized spacial score (nSPS) is 16.5. The van der Waals surface area contributed by atoms with Gasteiger partial charge in [0.1, 0.15) is 17.2 Å². The van der Waals surface area contributed by atoms with E-state index >= 15 is 0 Å². The lowest BCUT2D eigenvalue weighted by Gasteiger charge is -2.31. The molecule has 2 aromatic heterocycles. The fourth-order valence-corrected chi connectivity index (χ4v) is 4.31. The van der Waals surface area contributed by atoms with Gasteiger partial charge in [0.25, 0.3) is 5.91 Å². The van der Waals surface area contributed by atoms with Crippen LogP contribution in [0.15, 0.2) is 47.8 Å². The molecule has 156 valence electrons. The largest absolute Gasteiger partial charge is 0.466 e. The minimum atomic E-state index is -0.356. The second kappa shape index (κ2) is 8.79. The van der Waals surface area contributed by atoms with Gasteiger partial charge in [-0.2, -0.15) is 5.10 Å². The molecule has 3 heterocycles. The Morgan fingerprint density at radius 1 is 1.27 bits per heavy atom. The molecule has 30 heavy (non-hydrogen) atoms. The number of halogens is 1. The number of benzene rings is 1. The molecule has 1 aliphatic heterocycles. The Bertz CT molecular complexity index is 1030. The van der Waals surface area contributed by atoms with E-state index in [9.17, 15) is 14.0 Å². The molecule has 0 bridgehead atoms. The Labute approximate surface area is 177 Å². The number of piperidine rings is 1. The van der Waals surface area contributed by atoms with Crippen molar-refractivity contribution in [2.24, 2.45) is 5.92 Å². The second-order valence-electron chi connectivity index (χ2n) is 7.12. The van der Waals surface area contributed by atoms with Gasteiger partial charge in [0.2, 0.25) is 0 Å². The van der Waals surface area contributed by atoms with Crippen LogP contribution in [0.3, 0.4) is 0 Å². The number of rotatable bonds is 5. The summed E-state index contributed by atoms with van der Waals surface area (Å²) >= 11 is 1.53. The highest BCUT2D eigenvalue weighted by Crippen LogP contribution is 2.28. The molecule has 8 heteroatoms. The Morgan fingerprint density at radius 2 is 2.07 bits per heavy atom. The number of nitrogens with zero attached hydrogens (tertiary/aromatic N) is 3. The van der Waals surface area contributed by atoms with Crippen LogP contribution in [0.2, 0.25) is 0 Å². The fourth-order valence-electron chi connectivity index (χ4n) is 3.63. The molecule has 0 radical (unpaired) electrons. The van der Waals surface area contributed by atoms with Gasteiger partial charge in [-0.3, -0.25) is 9.59 Å². The molecule has 0 spiro atoms. The van der Waals surface area contributed by atoms with Gasteiger partial charge < -0.3 is 9.64 Å². The average molecular weight is 428 g/mol. The predicted molar refractivity (Wildman–Crippen MR) is 112 cm³/mol. The van der Waals surface area contributed by atoms with Gasteiger partial charge >= 0.3 is 5.97 Å². The third-order valence-corrected chi connectivity index (χ3v) is 5.99. The Kier molecular flexibility index (Phi) is 5.94. The summed E-state index contributed by atoms with van der Waals surface area (Å²) in [5.41, 5.74) is 1.66. The van der Waals surface area contributed by atoms with Crippen molar-refractivity contribution < 1.29 is 18.7 Å². The van der Waals surface area contributed by atoms with Gasteiger partial charge in [-0.1, -0.05) is 6.07 Å². The zero-order chi connectivity index (χ0) is 21.1. The van der Waals surface area contributed by atoms with Crippen molar-refractivity contribution in [1.82, 2.24) is 14.7 Å². The molecule has 0 saturated carbocycles. The van der Waals surface area contributed by atoms with Crippen molar-refractivity contribution in [1.29, 1.82) is 0 Å². The quantitative estimate of drug-likeness (QED) is 0.574. The summed E-state index contributed by atoms with van der Waals surface area (Å²) in [5, 5.41) is 6.56. The first-order valence-electron chi connectivity index (χ1n) is 9.92. The number of hydrogen-bond donors (Lipinski definition) is 0. The molecular weight excluding hydrogens is 405 g/mol. The Morgan fingerprint density at radius 3 is 2.77 bits per heavy atom. The molecule has 1 fully saturated rings. The van der Waals surface area contributed by atoms with Crippen molar-refractivity contribution in [3.8, 4) is 16.3 Å². The van der Waals surface area contributed by atoms with Crippen LogP contribution in [0.1, 0.15) is 30.3 Å². The number of thiophene rings is 1. The lowest BCUT2D eigenvalue weighted by molar-refractivity contribution is -0.149. The third kappa shape index (κ3) is 4.14. The number of carbonyl (C=O) groups excluding carboxylic acids is 2. The predicted octanol–water partition coefficient (Wildman–Crippen LogP) is 4.16. The lowest BCUT2D eigenvalue weighted by atomic mass is 9.98. The molecule has 1 amide bonds. The van der Waals surface area contributed by atoms with Gasteiger partial charge in [0.05, 0.1) is 23.1 Å². The van der Waals surface area contributed by atoms with Crippen molar-refractivity contribution in [2.45, 2.75) is 19.8 Å². The van der Waals surface area contributed by atoms with E-state index < -0.39 is 0 Å². The number of carbonyl (C=O) groups is 2. The highest BCUT2D eigenvalue weighted by molar-refractivity contribution is 7.13. The SMILES string of the molecule is CCOC(=O)C1CCCN(C(=O)c2cc(-c3cccs3)nn2-c2ccc(F)cc2)C1. The molecule has 1 saturated heterocycles. The first-order valence-corrected chi connectivity index (χ1v) is 10.8. The van der Waals surface area contributed by atoms with Crippen LogP contribution in [0.25, 0.3) is 16.3 Å². The standard InChI is InChI=1S/C22H22FN3O3S/c1-2-29-22(28)15-5-3-11-25(14-15)21(27)19-13-18(20-6-4-12-30-20)24-26(19)17-9-7-16(23)8-10-17/h4,6-10,12-13,15H,2-3,5,11,14H2,1H3. The maximum Gasteiger partial charge on any atom is 0.310 e. The van der Waals surface area contributed by atoms with E-state index in [1.807, 2.05) is 17.5 Å². The summed E-state index contributed by atoms with van der Waals surface area (Å²) in [6, 6.07) is 11.5. The Balaban J connectivity index is 1.67. The molecule has 1 aliphatic rings. The molecule has 3 aromatic rings. The van der Waals surface area contributed by atoms with E-state index in [1.54, 1.807) is 34.7 Å². The monoisotopic (exact) mass is 427 g/mol. The van der Waals surface area contributed by atoms with Gasteiger partial charge in [-0.15, -0.1) is 11.3 Å². The van der Waals surface area contributed by atoms with Gasteiger partial charge in [-0.25, -0.2) is 9.07 Å². The van der Waals surface area contributed by atoms with Gasteiger partial charge in [0.15, 0.2) is 0 Å². The van der Waals surface area contributed by atoms with Crippen molar-refractivity contribution in [3.63, 3.8) is 0 Å². The van der Waals surface area contributed by atoms with E-state index in [-0.39, 0.29) is 23.6 Å². The number of ether oxygens (including phenoxy) is 1. The summed E-state index contributed by atoms with van der Waals surface area (Å²) in [4.78, 5) is 28.2. The first-order chi connectivity index (χ1) is 14.6. The van der Waals surface area contributed by atoms with Crippen molar-refractivity contribution in [3.05, 3.63) is 59.4 Å². The van der Waals surface area contributed by atoms with E-state index in [4.69, 9.17) is 4.74 Å². The number of aromatic nitrogens is 2. The molecule has 0 aliphatic carbocycles. The number of esters is 1. The van der Waals surface area contributed by atoms with Crippen LogP contribution in [0.5, 0.6) is 0 Å². The summed E-state index contributed by atoms with van der Waals surface area (Å²) < 4.78 is 20.1. The highest BCUT2D eigenvalue weighted by Gasteiger charge is 2.31. The molecular formula is C22H22FN3O3S. The molecule has 1 unspecified atom stereocenters. The first kappa shape index (κ1) is 20.3. The van der Waals surface area contributed by atoms with Gasteiger partial charge in [-0.05, 0) is 61.5 Å². The molecule has 4 rings (SSSR count). The number of amides is 1. The van der Waals surface area contributed by atoms with E-state index in [0.717, 1.165) is 11.3 Å². The topological polar surface area (TPSA) is 64.4 Å². The second-order valence-corrected chi connectivity index (χ2v) is 8.07. The zero-order valence-electron chi connectivity index (χ0n) is 16.6. The number of likely N-dealkylation sites (tertiary alicyclic amines) is 1. The smallest absolute Gasteiger partial charge is 0.310 e. The van der Waals surface area contributed by atoms with E-state index in [1.165, 1.54) is 23.5 Å². The van der Waals surface area contributed by atoms with Crippen LogP contribution < -0.4 is 0 Å². The lowest BCUT2D eigenvalue weighted by Crippen LogP contribution is -2.43. The van der Waals surface area contributed by atoms with Crippen LogP contribution >= 0.6 is 11.3 Å². The maximum absolute atomic E-state index is 13.4. The minimum Gasteiger partial charge on any atom is -0.466 e. The van der Waals surface area contributed by atoms with Gasteiger partial charge in [0, 0.05) is 13.1 Å². The Hall–Kier alpha value is -3.00. The molecule has 0 N–H and O–H groups in total. The summed E-state index contributed by atoms with van der Waals surface area (Å²) in [6.45, 7) is 2.99. The van der Waals surface area contributed by atoms with Crippen LogP contribution in [-0.4, -0.2) is 46.3 Å². The molecule has 1 atom stereocenters. The summed E-state index contributed by atoms with van der Waals surface area (Å²) in [5.74, 6) is -1.14. The van der Waals surface area contributed by atoms with Crippen LogP contribution in [0, 0.1) is 11.7 Å².